The van der Waals surface area contributed by atoms with Crippen LogP contribution in [0.25, 0.3) is 10.9 Å². The average molecular weight is 633 g/mol. The number of carbonyl (C=O) groups excluding carboxylic acids is 1. The first-order chi connectivity index (χ1) is 17.1. The molecule has 0 fully saturated rings. The Morgan fingerprint density at radius 1 is 1.21 bits per heavy atom. The number of hydrogen-bond donors (Lipinski definition) is 2. The number of fused-ring (bicyclic) bond motifs is 1. The molecule has 11 nitrogen and oxygen atoms in total. The Bertz CT molecular complexity index is 1410. The van der Waals surface area contributed by atoms with Crippen LogP contribution in [0.2, 0.25) is 0 Å². The second-order valence-electron chi connectivity index (χ2n) is 7.47. The predicted octanol–water partition coefficient (Wildman–Crippen LogP) is 3.63. The molecule has 0 spiro atoms. The van der Waals surface area contributed by atoms with Gasteiger partial charge in [0.2, 0.25) is 0 Å². The van der Waals surface area contributed by atoms with E-state index in [0.717, 1.165) is 0 Å². The van der Waals surface area contributed by atoms with Gasteiger partial charge in [0, 0.05) is 52.6 Å². The Kier molecular flexibility index (Phi) is 12.6. The standard InChI is InChI=1S/C21H18BrN3O4S.C3H5ClO2.2H2O/c1-24-16-9-15(22)20(26)14(10-25-8-7-23-12-25)18(16)19(21(27)28)17(24)11-30(29)13-5-3-2-4-6-13;1-2-6-3(4)5;;/h2-9,12,26H,10-11H2,1H3,(H,27,28);2H2,1H3;2*1H2. The molecule has 38 heavy (non-hydrogen) atoms. The molecular formula is C24H27BrClN3O8S. The van der Waals surface area contributed by atoms with Gasteiger partial charge in [0.05, 0.1) is 51.6 Å². The Labute approximate surface area is 233 Å². The zero-order valence-corrected chi connectivity index (χ0v) is 23.5. The molecule has 2 aromatic heterocycles. The van der Waals surface area contributed by atoms with Gasteiger partial charge in [0.25, 0.3) is 0 Å². The summed E-state index contributed by atoms with van der Waals surface area (Å²) in [6.07, 6.45) is 4.95. The molecule has 2 heterocycles. The van der Waals surface area contributed by atoms with E-state index in [1.165, 1.54) is 0 Å². The molecule has 0 saturated heterocycles. The first-order valence-electron chi connectivity index (χ1n) is 10.6. The van der Waals surface area contributed by atoms with E-state index in [4.69, 9.17) is 11.6 Å². The van der Waals surface area contributed by atoms with Gasteiger partial charge in [-0.05, 0) is 41.1 Å². The highest BCUT2D eigenvalue weighted by atomic mass is 79.9. The maximum absolute atomic E-state index is 12.9. The summed E-state index contributed by atoms with van der Waals surface area (Å²) < 4.78 is 21.0. The van der Waals surface area contributed by atoms with E-state index in [-0.39, 0.29) is 34.6 Å². The highest BCUT2D eigenvalue weighted by Gasteiger charge is 2.27. The third kappa shape index (κ3) is 7.42. The number of benzene rings is 2. The lowest BCUT2D eigenvalue weighted by molar-refractivity contribution is 0.0697. The van der Waals surface area contributed by atoms with Gasteiger partial charge in [0.15, 0.2) is 0 Å². The minimum absolute atomic E-state index is 0. The topological polar surface area (TPSA) is 187 Å². The van der Waals surface area contributed by atoms with E-state index >= 15 is 0 Å². The van der Waals surface area contributed by atoms with Crippen LogP contribution in [0.5, 0.6) is 5.75 Å². The average Bonchev–Trinajstić information content (AvgIpc) is 3.44. The third-order valence-corrected chi connectivity index (χ3v) is 7.33. The van der Waals surface area contributed by atoms with Gasteiger partial charge in [-0.1, -0.05) is 18.2 Å². The number of carbonyl (C=O) groups is 2. The maximum atomic E-state index is 12.9. The van der Waals surface area contributed by atoms with Crippen molar-refractivity contribution >= 4 is 60.6 Å². The Balaban J connectivity index is 0.000000813. The van der Waals surface area contributed by atoms with Crippen LogP contribution in [0.3, 0.4) is 0 Å². The number of phenolic OH excluding ortho intramolecular Hbond substituents is 1. The molecule has 0 radical (unpaired) electrons. The van der Waals surface area contributed by atoms with E-state index < -0.39 is 22.2 Å². The van der Waals surface area contributed by atoms with E-state index in [0.29, 0.717) is 38.1 Å². The summed E-state index contributed by atoms with van der Waals surface area (Å²) in [5.74, 6) is -1.12. The van der Waals surface area contributed by atoms with Gasteiger partial charge in [-0.25, -0.2) is 14.6 Å². The van der Waals surface area contributed by atoms with Crippen LogP contribution in [0.1, 0.15) is 28.5 Å². The lowest BCUT2D eigenvalue weighted by Gasteiger charge is -2.11. The van der Waals surface area contributed by atoms with Crippen molar-refractivity contribution in [2.45, 2.75) is 24.1 Å². The molecule has 1 atom stereocenters. The number of ether oxygens (including phenoxy) is 1. The molecule has 1 unspecified atom stereocenters. The van der Waals surface area contributed by atoms with Gasteiger partial charge >= 0.3 is 11.4 Å². The molecule has 0 aliphatic carbocycles. The van der Waals surface area contributed by atoms with Crippen molar-refractivity contribution < 1.29 is 39.7 Å². The number of carboxylic acids is 1. The molecule has 4 rings (SSSR count). The van der Waals surface area contributed by atoms with Crippen molar-refractivity contribution in [2.24, 2.45) is 7.05 Å². The number of aromatic hydroxyl groups is 1. The minimum atomic E-state index is -1.42. The Morgan fingerprint density at radius 3 is 2.37 bits per heavy atom. The number of rotatable bonds is 7. The maximum Gasteiger partial charge on any atom is 0.403 e. The zero-order valence-electron chi connectivity index (χ0n) is 20.4. The molecule has 206 valence electrons. The van der Waals surface area contributed by atoms with E-state index in [1.54, 1.807) is 72.2 Å². The number of hydrogen-bond acceptors (Lipinski definition) is 6. The number of aryl methyl sites for hydroxylation is 1. The normalized spacial score (nSPS) is 10.9. The summed E-state index contributed by atoms with van der Waals surface area (Å²) in [5, 5.41) is 21.2. The van der Waals surface area contributed by atoms with Crippen LogP contribution in [-0.4, -0.2) is 57.5 Å². The molecule has 0 bridgehead atoms. The number of aromatic carboxylic acids is 1. The largest absolute Gasteiger partial charge is 0.506 e. The quantitative estimate of drug-likeness (QED) is 0.291. The fraction of sp³-hybridized carbons (Fsp3) is 0.208. The molecule has 2 aromatic carbocycles. The first kappa shape index (κ1) is 32.8. The van der Waals surface area contributed by atoms with Gasteiger partial charge < -0.3 is 35.0 Å². The lowest BCUT2D eigenvalue weighted by atomic mass is 10.0. The van der Waals surface area contributed by atoms with Crippen LogP contribution < -0.4 is 0 Å². The highest BCUT2D eigenvalue weighted by molar-refractivity contribution is 9.10. The van der Waals surface area contributed by atoms with Crippen molar-refractivity contribution in [3.63, 3.8) is 0 Å². The van der Waals surface area contributed by atoms with Gasteiger partial charge in [0.1, 0.15) is 5.75 Å². The molecule has 0 aliphatic heterocycles. The van der Waals surface area contributed by atoms with E-state index in [1.807, 2.05) is 6.07 Å². The SMILES string of the molecule is CCOC(=O)Cl.Cn1c(CS(=O)c2ccccc2)c(C(=O)O)c2c(Cn3ccnc3)c(O)c(Br)cc21.O.O. The molecule has 0 saturated carbocycles. The molecule has 0 amide bonds. The number of nitrogens with zero attached hydrogens (tertiary/aromatic N) is 3. The number of halogens is 2. The lowest BCUT2D eigenvalue weighted by Crippen LogP contribution is -2.08. The van der Waals surface area contributed by atoms with Crippen molar-refractivity contribution in [3.8, 4) is 5.75 Å². The van der Waals surface area contributed by atoms with Crippen molar-refractivity contribution in [3.05, 3.63) is 76.4 Å². The Hall–Kier alpha value is -3.23. The third-order valence-electron chi connectivity index (χ3n) is 5.28. The van der Waals surface area contributed by atoms with Crippen LogP contribution in [0, 0.1) is 0 Å². The smallest absolute Gasteiger partial charge is 0.403 e. The monoisotopic (exact) mass is 631 g/mol. The van der Waals surface area contributed by atoms with Crippen LogP contribution >= 0.6 is 27.5 Å². The second kappa shape index (κ2) is 14.6. The van der Waals surface area contributed by atoms with Crippen LogP contribution in [-0.2, 0) is 34.9 Å². The number of aromatic nitrogens is 3. The van der Waals surface area contributed by atoms with E-state index in [2.05, 4.69) is 25.7 Å². The number of phenols is 1. The zero-order chi connectivity index (χ0) is 26.4. The predicted molar refractivity (Wildman–Crippen MR) is 147 cm³/mol. The van der Waals surface area contributed by atoms with Crippen molar-refractivity contribution in [1.82, 2.24) is 14.1 Å². The molecule has 6 N–H and O–H groups in total. The van der Waals surface area contributed by atoms with Gasteiger partial charge in [-0.2, -0.15) is 0 Å². The molecule has 14 heteroatoms. The van der Waals surface area contributed by atoms with Crippen LogP contribution in [0.15, 0.2) is 64.5 Å². The Morgan fingerprint density at radius 2 is 1.87 bits per heavy atom. The highest BCUT2D eigenvalue weighted by Crippen LogP contribution is 2.39. The summed E-state index contributed by atoms with van der Waals surface area (Å²) >= 11 is 8.09. The van der Waals surface area contributed by atoms with Crippen LogP contribution in [0.4, 0.5) is 4.79 Å². The fourth-order valence-corrected chi connectivity index (χ4v) is 5.47. The number of imidazole rings is 1. The summed E-state index contributed by atoms with van der Waals surface area (Å²) in [6.45, 7) is 2.29. The van der Waals surface area contributed by atoms with Gasteiger partial charge in [-0.15, -0.1) is 0 Å². The molecular weight excluding hydrogens is 606 g/mol. The summed E-state index contributed by atoms with van der Waals surface area (Å²) in [6, 6.07) is 10.6. The summed E-state index contributed by atoms with van der Waals surface area (Å²) in [7, 11) is 0.326. The number of carboxylic acid groups (broad SMARTS) is 1. The minimum Gasteiger partial charge on any atom is -0.506 e. The first-order valence-corrected chi connectivity index (χ1v) is 13.1. The summed E-state index contributed by atoms with van der Waals surface area (Å²) in [4.78, 5) is 26.5. The fourth-order valence-electron chi connectivity index (χ4n) is 3.69. The summed E-state index contributed by atoms with van der Waals surface area (Å²) in [5.41, 5.74) is 0.839. The van der Waals surface area contributed by atoms with Crippen molar-refractivity contribution in [1.29, 1.82) is 0 Å². The van der Waals surface area contributed by atoms with E-state index in [9.17, 15) is 24.0 Å². The van der Waals surface area contributed by atoms with Crippen molar-refractivity contribution in [2.75, 3.05) is 6.61 Å². The van der Waals surface area contributed by atoms with Gasteiger partial charge in [-0.3, -0.25) is 4.21 Å². The second-order valence-corrected chi connectivity index (χ2v) is 10.1. The molecule has 0 aliphatic rings. The molecule has 4 aromatic rings.